The largest absolute Gasteiger partial charge is 0.490 e. The quantitative estimate of drug-likeness (QED) is 0.0705. The number of hydrazone groups is 1. The van der Waals surface area contributed by atoms with E-state index in [2.05, 4.69) is 21.2 Å². The van der Waals surface area contributed by atoms with Crippen LogP contribution in [0.4, 0.5) is 4.79 Å². The lowest BCUT2D eigenvalue weighted by atomic mass is 9.95. The van der Waals surface area contributed by atoms with Crippen molar-refractivity contribution in [2.45, 2.75) is 39.6 Å². The maximum Gasteiger partial charge on any atom is 0.338 e. The van der Waals surface area contributed by atoms with Gasteiger partial charge in [0.25, 0.3) is 0 Å². The Labute approximate surface area is 293 Å². The molecule has 1 aliphatic heterocycles. The number of carbonyl (C=O) groups excluding carboxylic acids is 3. The first-order valence-corrected chi connectivity index (χ1v) is 15.9. The van der Waals surface area contributed by atoms with Gasteiger partial charge in [0.15, 0.2) is 17.7 Å². The molecular weight excluding hydrogens is 679 g/mol. The predicted molar refractivity (Wildman–Crippen MR) is 182 cm³/mol. The lowest BCUT2D eigenvalue weighted by molar-refractivity contribution is -0.136. The highest BCUT2D eigenvalue weighted by Crippen LogP contribution is 2.35. The summed E-state index contributed by atoms with van der Waals surface area (Å²) in [6.45, 7) is 5.64. The Kier molecular flexibility index (Phi) is 13.1. The van der Waals surface area contributed by atoms with Gasteiger partial charge in [-0.3, -0.25) is 5.43 Å². The van der Waals surface area contributed by atoms with Crippen LogP contribution >= 0.6 is 23.2 Å². The van der Waals surface area contributed by atoms with Crippen LogP contribution in [0.15, 0.2) is 71.0 Å². The van der Waals surface area contributed by atoms with Gasteiger partial charge in [-0.05, 0) is 68.3 Å². The number of carbonyl (C=O) groups is 3. The fourth-order valence-electron chi connectivity index (χ4n) is 4.75. The van der Waals surface area contributed by atoms with Gasteiger partial charge < -0.3 is 39.4 Å². The first-order valence-electron chi connectivity index (χ1n) is 15.1. The van der Waals surface area contributed by atoms with Crippen molar-refractivity contribution in [3.05, 3.63) is 98.2 Å². The number of rotatable bonds is 15. The van der Waals surface area contributed by atoms with Gasteiger partial charge in [0, 0.05) is 16.3 Å². The fraction of sp³-hybridized carbons (Fsp3) is 0.294. The molecule has 0 radical (unpaired) electrons. The zero-order chi connectivity index (χ0) is 35.5. The standard InChI is InChI=1S/C34H36Cl2N4O9/c1-5-46-27-14-22(30-29(33(43)45-4)19(3)38-34(44)39-30)11-12-26(27)48-18-28(41)40-37-16-23-13-24(35)15-25(36)31(23)49-17-20-7-9-21(10-8-20)32(42)47-6-2/h7-16,28,30,40-41H,5-6,17-18H2,1-4H3,(H2,38,39,44)/b37-16+/t28-,30-/m0/s1. The number of nitrogens with zero attached hydrogens (tertiary/aromatic N) is 1. The first-order chi connectivity index (χ1) is 23.5. The molecule has 3 aromatic rings. The smallest absolute Gasteiger partial charge is 0.338 e. The van der Waals surface area contributed by atoms with Crippen molar-refractivity contribution < 1.29 is 43.2 Å². The first kappa shape index (κ1) is 36.8. The molecule has 49 heavy (non-hydrogen) atoms. The van der Waals surface area contributed by atoms with Gasteiger partial charge in [-0.1, -0.05) is 41.4 Å². The number of hydrogen-bond donors (Lipinski definition) is 4. The zero-order valence-corrected chi connectivity index (χ0v) is 28.7. The van der Waals surface area contributed by atoms with Crippen molar-refractivity contribution in [1.29, 1.82) is 0 Å². The highest BCUT2D eigenvalue weighted by Gasteiger charge is 2.32. The lowest BCUT2D eigenvalue weighted by Crippen LogP contribution is -2.45. The van der Waals surface area contributed by atoms with Gasteiger partial charge >= 0.3 is 18.0 Å². The van der Waals surface area contributed by atoms with E-state index in [9.17, 15) is 19.5 Å². The van der Waals surface area contributed by atoms with Crippen LogP contribution in [0.3, 0.4) is 0 Å². The third-order valence-electron chi connectivity index (χ3n) is 6.98. The monoisotopic (exact) mass is 714 g/mol. The van der Waals surface area contributed by atoms with E-state index in [4.69, 9.17) is 46.9 Å². The third-order valence-corrected chi connectivity index (χ3v) is 7.48. The van der Waals surface area contributed by atoms with Gasteiger partial charge in [0.05, 0.1) is 48.7 Å². The van der Waals surface area contributed by atoms with Gasteiger partial charge in [0.2, 0.25) is 0 Å². The number of aliphatic hydroxyl groups excluding tert-OH is 1. The number of allylic oxidation sites excluding steroid dienone is 1. The average molecular weight is 716 g/mol. The van der Waals surface area contributed by atoms with Crippen LogP contribution in [-0.4, -0.2) is 62.4 Å². The Morgan fingerprint density at radius 1 is 1.00 bits per heavy atom. The van der Waals surface area contributed by atoms with Crippen LogP contribution in [-0.2, 0) is 20.9 Å². The second-order valence-electron chi connectivity index (χ2n) is 10.4. The Morgan fingerprint density at radius 3 is 2.45 bits per heavy atom. The molecule has 260 valence electrons. The molecule has 0 saturated heterocycles. The molecule has 0 bridgehead atoms. The molecule has 1 aliphatic rings. The fourth-order valence-corrected chi connectivity index (χ4v) is 5.31. The van der Waals surface area contributed by atoms with E-state index in [0.29, 0.717) is 51.3 Å². The number of benzene rings is 3. The molecule has 0 fully saturated rings. The Hall–Kier alpha value is -4.98. The third kappa shape index (κ3) is 9.78. The van der Waals surface area contributed by atoms with Crippen molar-refractivity contribution in [1.82, 2.24) is 16.1 Å². The molecule has 2 amide bonds. The summed E-state index contributed by atoms with van der Waals surface area (Å²) in [6, 6.07) is 13.6. The minimum absolute atomic E-state index is 0.139. The summed E-state index contributed by atoms with van der Waals surface area (Å²) in [5.74, 6) is -0.0542. The maximum atomic E-state index is 12.5. The van der Waals surface area contributed by atoms with Gasteiger partial charge in [0.1, 0.15) is 19.0 Å². The molecule has 0 aromatic heterocycles. The van der Waals surface area contributed by atoms with E-state index in [1.807, 2.05) is 0 Å². The summed E-state index contributed by atoms with van der Waals surface area (Å²) in [5.41, 5.74) is 5.40. The summed E-state index contributed by atoms with van der Waals surface area (Å²) in [7, 11) is 1.26. The number of methoxy groups -OCH3 is 1. The topological polar surface area (TPSA) is 166 Å². The molecular formula is C34H36Cl2N4O9. The SMILES string of the molecule is CCOC(=O)c1ccc(COc2c(Cl)cc(Cl)cc2/C=N/N[C@@H](O)COc2ccc([C@@H]3NC(=O)NC(C)=C3C(=O)OC)cc2OCC)cc1. The van der Waals surface area contributed by atoms with Crippen LogP contribution in [0, 0.1) is 0 Å². The molecule has 0 saturated carbocycles. The molecule has 4 N–H and O–H groups in total. The van der Waals surface area contributed by atoms with Gasteiger partial charge in [-0.25, -0.2) is 14.4 Å². The molecule has 2 atom stereocenters. The molecule has 0 spiro atoms. The highest BCUT2D eigenvalue weighted by molar-refractivity contribution is 6.36. The predicted octanol–water partition coefficient (Wildman–Crippen LogP) is 5.27. The minimum atomic E-state index is -1.25. The van der Waals surface area contributed by atoms with E-state index >= 15 is 0 Å². The number of esters is 2. The Bertz CT molecular complexity index is 1730. The number of halogens is 2. The maximum absolute atomic E-state index is 12.5. The van der Waals surface area contributed by atoms with Crippen molar-refractivity contribution in [2.24, 2.45) is 5.10 Å². The van der Waals surface area contributed by atoms with E-state index in [1.165, 1.54) is 19.4 Å². The number of ether oxygens (including phenoxy) is 5. The molecule has 4 rings (SSSR count). The van der Waals surface area contributed by atoms with Crippen LogP contribution in [0.2, 0.25) is 10.0 Å². The summed E-state index contributed by atoms with van der Waals surface area (Å²) < 4.78 is 27.5. The number of amides is 2. The summed E-state index contributed by atoms with van der Waals surface area (Å²) in [6.07, 6.45) is 0.144. The van der Waals surface area contributed by atoms with Crippen molar-refractivity contribution >= 4 is 47.4 Å². The summed E-state index contributed by atoms with van der Waals surface area (Å²) in [4.78, 5) is 36.6. The van der Waals surface area contributed by atoms with Crippen LogP contribution in [0.25, 0.3) is 0 Å². The van der Waals surface area contributed by atoms with E-state index in [1.54, 1.807) is 69.3 Å². The number of aliphatic hydroxyl groups is 1. The summed E-state index contributed by atoms with van der Waals surface area (Å²) in [5, 5.41) is 20.6. The van der Waals surface area contributed by atoms with Gasteiger partial charge in [-0.15, -0.1) is 0 Å². The molecule has 13 nitrogen and oxygen atoms in total. The van der Waals surface area contributed by atoms with Gasteiger partial charge in [-0.2, -0.15) is 5.10 Å². The lowest BCUT2D eigenvalue weighted by Gasteiger charge is -2.28. The Balaban J connectivity index is 1.40. The molecule has 0 aliphatic carbocycles. The second kappa shape index (κ2) is 17.4. The van der Waals surface area contributed by atoms with Crippen LogP contribution in [0.1, 0.15) is 53.9 Å². The van der Waals surface area contributed by atoms with Crippen LogP contribution < -0.4 is 30.3 Å². The second-order valence-corrected chi connectivity index (χ2v) is 11.3. The zero-order valence-electron chi connectivity index (χ0n) is 27.2. The molecule has 0 unspecified atom stereocenters. The van der Waals surface area contributed by atoms with Crippen LogP contribution in [0.5, 0.6) is 17.2 Å². The number of nitrogens with one attached hydrogen (secondary N) is 3. The highest BCUT2D eigenvalue weighted by atomic mass is 35.5. The number of urea groups is 1. The molecule has 1 heterocycles. The van der Waals surface area contributed by atoms with Crippen molar-refractivity contribution in [3.63, 3.8) is 0 Å². The molecule has 3 aromatic carbocycles. The number of hydrogen-bond acceptors (Lipinski definition) is 11. The van der Waals surface area contributed by atoms with Crippen molar-refractivity contribution in [3.8, 4) is 17.2 Å². The van der Waals surface area contributed by atoms with E-state index in [0.717, 1.165) is 5.56 Å². The Morgan fingerprint density at radius 2 is 1.76 bits per heavy atom. The van der Waals surface area contributed by atoms with Crippen molar-refractivity contribution in [2.75, 3.05) is 26.9 Å². The average Bonchev–Trinajstić information content (AvgIpc) is 3.07. The minimum Gasteiger partial charge on any atom is -0.490 e. The van der Waals surface area contributed by atoms with E-state index < -0.39 is 30.2 Å². The molecule has 15 heteroatoms. The van der Waals surface area contributed by atoms with E-state index in [-0.39, 0.29) is 30.4 Å². The summed E-state index contributed by atoms with van der Waals surface area (Å²) >= 11 is 12.6. The normalized spacial score (nSPS) is 14.8.